The van der Waals surface area contributed by atoms with Crippen molar-refractivity contribution < 1.29 is 14.7 Å². The van der Waals surface area contributed by atoms with Gasteiger partial charge in [-0.15, -0.1) is 0 Å². The highest BCUT2D eigenvalue weighted by atomic mass is 16.5. The lowest BCUT2D eigenvalue weighted by Crippen LogP contribution is -1.96. The third kappa shape index (κ3) is 3.52. The Morgan fingerprint density at radius 1 is 1.33 bits per heavy atom. The Kier molecular flexibility index (Phi) is 5.24. The van der Waals surface area contributed by atoms with Crippen LogP contribution in [-0.4, -0.2) is 24.6 Å². The van der Waals surface area contributed by atoms with Gasteiger partial charge in [-0.3, -0.25) is 0 Å². The van der Waals surface area contributed by atoms with E-state index in [0.717, 1.165) is 11.1 Å². The van der Waals surface area contributed by atoms with Gasteiger partial charge in [0.15, 0.2) is 11.5 Å². The standard InChI is InChI=1S/C14H19NO3/c1-5-18-14-9-12(6-7-13(14)17-4)8-10(2)11(3)15-16/h6-9,16H,5H2,1-4H3/b10-8-,15-11+. The molecule has 0 aromatic heterocycles. The summed E-state index contributed by atoms with van der Waals surface area (Å²) in [7, 11) is 1.61. The average molecular weight is 249 g/mol. The van der Waals surface area contributed by atoms with Gasteiger partial charge in [0.05, 0.1) is 19.4 Å². The Bertz CT molecular complexity index is 464. The van der Waals surface area contributed by atoms with Crippen LogP contribution in [-0.2, 0) is 0 Å². The molecule has 1 aromatic carbocycles. The highest BCUT2D eigenvalue weighted by Crippen LogP contribution is 2.28. The molecule has 0 amide bonds. The molecule has 0 unspecified atom stereocenters. The molecule has 18 heavy (non-hydrogen) atoms. The predicted molar refractivity (Wildman–Crippen MR) is 72.7 cm³/mol. The maximum atomic E-state index is 8.71. The zero-order chi connectivity index (χ0) is 13.5. The summed E-state index contributed by atoms with van der Waals surface area (Å²) in [6.45, 7) is 6.15. The summed E-state index contributed by atoms with van der Waals surface area (Å²) >= 11 is 0. The van der Waals surface area contributed by atoms with E-state index in [1.54, 1.807) is 14.0 Å². The molecule has 1 N–H and O–H groups in total. The number of methoxy groups -OCH3 is 1. The van der Waals surface area contributed by atoms with Crippen LogP contribution in [0.4, 0.5) is 0 Å². The Morgan fingerprint density at radius 2 is 2.06 bits per heavy atom. The van der Waals surface area contributed by atoms with Gasteiger partial charge < -0.3 is 14.7 Å². The number of hydrogen-bond donors (Lipinski definition) is 1. The van der Waals surface area contributed by atoms with Crippen molar-refractivity contribution in [1.82, 2.24) is 0 Å². The van der Waals surface area contributed by atoms with E-state index in [1.807, 2.05) is 38.1 Å². The second kappa shape index (κ2) is 6.69. The first-order valence-electron chi connectivity index (χ1n) is 5.80. The second-order valence-electron chi connectivity index (χ2n) is 3.86. The van der Waals surface area contributed by atoms with E-state index in [4.69, 9.17) is 14.7 Å². The molecule has 0 aliphatic heterocycles. The minimum absolute atomic E-state index is 0.583. The first-order valence-corrected chi connectivity index (χ1v) is 5.80. The fourth-order valence-electron chi connectivity index (χ4n) is 1.48. The van der Waals surface area contributed by atoms with Crippen molar-refractivity contribution in [3.63, 3.8) is 0 Å². The van der Waals surface area contributed by atoms with Gasteiger partial charge in [-0.2, -0.15) is 0 Å². The van der Waals surface area contributed by atoms with E-state index in [2.05, 4.69) is 5.16 Å². The number of allylic oxidation sites excluding steroid dienone is 1. The van der Waals surface area contributed by atoms with Gasteiger partial charge in [0.2, 0.25) is 0 Å². The number of nitrogens with zero attached hydrogens (tertiary/aromatic N) is 1. The Labute approximate surface area is 108 Å². The minimum Gasteiger partial charge on any atom is -0.493 e. The van der Waals surface area contributed by atoms with E-state index in [-0.39, 0.29) is 0 Å². The molecule has 98 valence electrons. The van der Waals surface area contributed by atoms with E-state index in [9.17, 15) is 0 Å². The highest BCUT2D eigenvalue weighted by Gasteiger charge is 2.04. The van der Waals surface area contributed by atoms with Crippen molar-refractivity contribution in [2.45, 2.75) is 20.8 Å². The monoisotopic (exact) mass is 249 g/mol. The van der Waals surface area contributed by atoms with E-state index >= 15 is 0 Å². The molecule has 1 aromatic rings. The molecule has 0 fully saturated rings. The summed E-state index contributed by atoms with van der Waals surface area (Å²) in [5.41, 5.74) is 2.45. The molecule has 0 aliphatic carbocycles. The van der Waals surface area contributed by atoms with Gasteiger partial charge in [0, 0.05) is 0 Å². The van der Waals surface area contributed by atoms with Crippen LogP contribution in [0.5, 0.6) is 11.5 Å². The maximum absolute atomic E-state index is 8.71. The lowest BCUT2D eigenvalue weighted by Gasteiger charge is -2.10. The van der Waals surface area contributed by atoms with E-state index in [0.29, 0.717) is 23.8 Å². The summed E-state index contributed by atoms with van der Waals surface area (Å²) < 4.78 is 10.7. The molecule has 0 saturated heterocycles. The molecule has 0 aliphatic rings. The number of rotatable bonds is 5. The van der Waals surface area contributed by atoms with Crippen molar-refractivity contribution in [2.75, 3.05) is 13.7 Å². The highest BCUT2D eigenvalue weighted by molar-refractivity contribution is 6.01. The van der Waals surface area contributed by atoms with Gasteiger partial charge in [-0.1, -0.05) is 11.2 Å². The van der Waals surface area contributed by atoms with Crippen LogP contribution in [0.15, 0.2) is 28.9 Å². The molecule has 0 bridgehead atoms. The van der Waals surface area contributed by atoms with E-state index < -0.39 is 0 Å². The van der Waals surface area contributed by atoms with Gasteiger partial charge in [-0.25, -0.2) is 0 Å². The van der Waals surface area contributed by atoms with Gasteiger partial charge in [-0.05, 0) is 50.1 Å². The maximum Gasteiger partial charge on any atom is 0.161 e. The largest absolute Gasteiger partial charge is 0.493 e. The van der Waals surface area contributed by atoms with Crippen molar-refractivity contribution in [3.8, 4) is 11.5 Å². The van der Waals surface area contributed by atoms with Crippen molar-refractivity contribution in [1.29, 1.82) is 0 Å². The SMILES string of the molecule is CCOc1cc(/C=C(C)\C(C)=N\O)ccc1OC. The van der Waals surface area contributed by atoms with Crippen molar-refractivity contribution in [2.24, 2.45) is 5.16 Å². The van der Waals surface area contributed by atoms with Crippen molar-refractivity contribution in [3.05, 3.63) is 29.3 Å². The van der Waals surface area contributed by atoms with Gasteiger partial charge in [0.25, 0.3) is 0 Å². The van der Waals surface area contributed by atoms with Gasteiger partial charge in [0.1, 0.15) is 0 Å². The second-order valence-corrected chi connectivity index (χ2v) is 3.86. The molecule has 0 saturated carbocycles. The fraction of sp³-hybridized carbons (Fsp3) is 0.357. The lowest BCUT2D eigenvalue weighted by atomic mass is 10.1. The zero-order valence-electron chi connectivity index (χ0n) is 11.2. The first-order chi connectivity index (χ1) is 8.62. The first kappa shape index (κ1) is 14.1. The van der Waals surface area contributed by atoms with Crippen LogP contribution in [0.25, 0.3) is 6.08 Å². The topological polar surface area (TPSA) is 51.0 Å². The van der Waals surface area contributed by atoms with Crippen LogP contribution in [0, 0.1) is 0 Å². The zero-order valence-corrected chi connectivity index (χ0v) is 11.2. The molecular weight excluding hydrogens is 230 g/mol. The minimum atomic E-state index is 0.583. The molecule has 4 nitrogen and oxygen atoms in total. The van der Waals surface area contributed by atoms with Crippen LogP contribution in [0.2, 0.25) is 0 Å². The fourth-order valence-corrected chi connectivity index (χ4v) is 1.48. The number of hydrogen-bond acceptors (Lipinski definition) is 4. The van der Waals surface area contributed by atoms with Crippen molar-refractivity contribution >= 4 is 11.8 Å². The molecule has 0 atom stereocenters. The normalized spacial score (nSPS) is 12.4. The van der Waals surface area contributed by atoms with Crippen LogP contribution >= 0.6 is 0 Å². The molecule has 0 spiro atoms. The summed E-state index contributed by atoms with van der Waals surface area (Å²) in [5.74, 6) is 1.42. The molecule has 1 rings (SSSR count). The molecule has 4 heteroatoms. The quantitative estimate of drug-likeness (QED) is 0.494. The lowest BCUT2D eigenvalue weighted by molar-refractivity contribution is 0.311. The number of benzene rings is 1. The Morgan fingerprint density at radius 3 is 2.61 bits per heavy atom. The predicted octanol–water partition coefficient (Wildman–Crippen LogP) is 3.35. The smallest absolute Gasteiger partial charge is 0.161 e. The summed E-state index contributed by atoms with van der Waals surface area (Å²) in [5, 5.41) is 11.9. The summed E-state index contributed by atoms with van der Waals surface area (Å²) in [4.78, 5) is 0. The van der Waals surface area contributed by atoms with Crippen LogP contribution < -0.4 is 9.47 Å². The third-order valence-electron chi connectivity index (χ3n) is 2.59. The molecular formula is C14H19NO3. The summed E-state index contributed by atoms with van der Waals surface area (Å²) in [6.07, 6.45) is 1.93. The molecule has 0 heterocycles. The molecule has 0 radical (unpaired) electrons. The Balaban J connectivity index is 3.08. The average Bonchev–Trinajstić information content (AvgIpc) is 2.38. The third-order valence-corrected chi connectivity index (χ3v) is 2.59. The van der Waals surface area contributed by atoms with Crippen LogP contribution in [0.1, 0.15) is 26.3 Å². The number of oxime groups is 1. The number of ether oxygens (including phenoxy) is 2. The summed E-state index contributed by atoms with van der Waals surface area (Å²) in [6, 6.07) is 5.68. The van der Waals surface area contributed by atoms with E-state index in [1.165, 1.54) is 0 Å². The Hall–Kier alpha value is -1.97. The van der Waals surface area contributed by atoms with Gasteiger partial charge >= 0.3 is 0 Å². The van der Waals surface area contributed by atoms with Crippen LogP contribution in [0.3, 0.4) is 0 Å².